The highest BCUT2D eigenvalue weighted by Gasteiger charge is 2.04. The quantitative estimate of drug-likeness (QED) is 0.577. The van der Waals surface area contributed by atoms with Crippen molar-refractivity contribution in [2.24, 2.45) is 0 Å². The molecule has 2 rings (SSSR count). The molecule has 0 spiro atoms. The second-order valence-corrected chi connectivity index (χ2v) is 4.07. The van der Waals surface area contributed by atoms with E-state index in [1.165, 1.54) is 11.1 Å². The minimum Gasteiger partial charge on any atom is -1.00 e. The highest BCUT2D eigenvalue weighted by molar-refractivity contribution is 5.60. The molecule has 2 N–H and O–H groups in total. The Kier molecular flexibility index (Phi) is 15.2. The second-order valence-electron chi connectivity index (χ2n) is 4.07. The van der Waals surface area contributed by atoms with Crippen molar-refractivity contribution in [3.8, 4) is 0 Å². The highest BCUT2D eigenvalue weighted by Crippen LogP contribution is 2.02. The van der Waals surface area contributed by atoms with Gasteiger partial charge in [0.05, 0.1) is 25.2 Å². The Morgan fingerprint density at radius 1 is 1.10 bits per heavy atom. The van der Waals surface area contributed by atoms with E-state index in [9.17, 15) is 0 Å². The van der Waals surface area contributed by atoms with Crippen LogP contribution in [0.15, 0.2) is 35.5 Å². The summed E-state index contributed by atoms with van der Waals surface area (Å²) in [6.45, 7) is 7.09. The molecule has 0 fully saturated rings. The van der Waals surface area contributed by atoms with E-state index in [1.54, 1.807) is 0 Å². The Hall–Kier alpha value is -1.67. The van der Waals surface area contributed by atoms with Gasteiger partial charge in [0.2, 0.25) is 0 Å². The number of nitrogens with one attached hydrogen (secondary N) is 2. The fourth-order valence-electron chi connectivity index (χ4n) is 1.35. The van der Waals surface area contributed by atoms with Gasteiger partial charge in [-0.25, -0.2) is 0 Å². The maximum absolute atomic E-state index is 8.89. The molecule has 0 amide bonds. The lowest BCUT2D eigenvalue weighted by molar-refractivity contribution is -0.302. The molecule has 0 atom stereocenters. The van der Waals surface area contributed by atoms with Gasteiger partial charge in [0.25, 0.3) is 0 Å². The number of allylic oxidation sites excluding steroid dienone is 4. The Morgan fingerprint density at radius 2 is 1.43 bits per heavy atom. The summed E-state index contributed by atoms with van der Waals surface area (Å²) in [5.74, 6) is -1.08. The summed E-state index contributed by atoms with van der Waals surface area (Å²) in [5, 5.41) is 14.9. The van der Waals surface area contributed by atoms with Gasteiger partial charge in [-0.15, -0.1) is 0 Å². The molecule has 2 aliphatic heterocycles. The summed E-state index contributed by atoms with van der Waals surface area (Å²) in [6.07, 6.45) is 16.7. The molecule has 0 radical (unpaired) electrons. The first-order chi connectivity index (χ1) is 9.60. The van der Waals surface area contributed by atoms with Crippen LogP contribution in [0.25, 0.3) is 0 Å². The van der Waals surface area contributed by atoms with Gasteiger partial charge < -0.3 is 26.9 Å². The van der Waals surface area contributed by atoms with E-state index in [0.29, 0.717) is 0 Å². The van der Waals surface area contributed by atoms with Crippen molar-refractivity contribution in [3.05, 3.63) is 47.9 Å². The number of halogens is 1. The van der Waals surface area contributed by atoms with Crippen LogP contribution in [0, 0.1) is 12.4 Å². The van der Waals surface area contributed by atoms with E-state index in [1.807, 2.05) is 0 Å². The molecular formula is C16H23BrN2O2. The molecule has 5 heteroatoms. The highest BCUT2D eigenvalue weighted by atomic mass is 79.9. The van der Waals surface area contributed by atoms with Gasteiger partial charge in [-0.1, -0.05) is 13.8 Å². The SMILES string of the molecule is CC(=O)[O-].CCC1=[C+]NCC=C1.CCC1=[C+]NCC=C1.[Br-]. The monoisotopic (exact) mass is 354 g/mol. The molecule has 21 heavy (non-hydrogen) atoms. The smallest absolute Gasteiger partial charge is 0.192 e. The van der Waals surface area contributed by atoms with Crippen LogP contribution in [-0.2, 0) is 4.79 Å². The zero-order valence-electron chi connectivity index (χ0n) is 12.8. The van der Waals surface area contributed by atoms with Crippen molar-refractivity contribution < 1.29 is 26.9 Å². The van der Waals surface area contributed by atoms with Crippen LogP contribution in [0.1, 0.15) is 33.6 Å². The van der Waals surface area contributed by atoms with Crippen molar-refractivity contribution in [1.82, 2.24) is 10.6 Å². The molecule has 0 aliphatic carbocycles. The number of carboxylic acids is 1. The first-order valence-electron chi connectivity index (χ1n) is 6.80. The number of hydrogen-bond acceptors (Lipinski definition) is 4. The molecule has 0 bridgehead atoms. The molecule has 116 valence electrons. The molecule has 0 aromatic carbocycles. The maximum atomic E-state index is 8.89. The topological polar surface area (TPSA) is 64.2 Å². The Morgan fingerprint density at radius 3 is 1.57 bits per heavy atom. The zero-order chi connectivity index (χ0) is 15.2. The standard InChI is InChI=1S/2C7H10N.C2H4O2.BrH/c2*1-2-7-4-3-5-8-6-7;1-2(3)4;/h2*3-4,8H,2,5H2,1H3;1H3,(H,3,4);1H/q2*+1;;/p-2. The van der Waals surface area contributed by atoms with Crippen LogP contribution < -0.4 is 32.7 Å². The average Bonchev–Trinajstić information content (AvgIpc) is 2.49. The van der Waals surface area contributed by atoms with E-state index in [-0.39, 0.29) is 17.0 Å². The normalized spacial score (nSPS) is 13.7. The lowest BCUT2D eigenvalue weighted by Crippen LogP contribution is -3.00. The number of rotatable bonds is 2. The largest absolute Gasteiger partial charge is 1.00 e. The van der Waals surface area contributed by atoms with E-state index in [2.05, 4.69) is 61.2 Å². The summed E-state index contributed by atoms with van der Waals surface area (Å²) in [6, 6.07) is 0. The number of hydrogen-bond donors (Lipinski definition) is 2. The summed E-state index contributed by atoms with van der Waals surface area (Å²) >= 11 is 0. The first kappa shape index (κ1) is 21.6. The van der Waals surface area contributed by atoms with Gasteiger partial charge in [-0.3, -0.25) is 10.6 Å². The summed E-state index contributed by atoms with van der Waals surface area (Å²) < 4.78 is 0. The molecule has 0 unspecified atom stereocenters. The number of dihydropyridines is 2. The van der Waals surface area contributed by atoms with Gasteiger partial charge in [0.1, 0.15) is 0 Å². The Balaban J connectivity index is 0. The number of carbonyl (C=O) groups is 1. The van der Waals surface area contributed by atoms with Gasteiger partial charge in [0, 0.05) is 31.0 Å². The molecule has 0 aromatic heterocycles. The summed E-state index contributed by atoms with van der Waals surface area (Å²) in [7, 11) is 0. The van der Waals surface area contributed by atoms with E-state index in [4.69, 9.17) is 9.90 Å². The van der Waals surface area contributed by atoms with E-state index < -0.39 is 5.97 Å². The van der Waals surface area contributed by atoms with Gasteiger partial charge in [0.15, 0.2) is 23.5 Å². The Bertz CT molecular complexity index is 363. The fourth-order valence-corrected chi connectivity index (χ4v) is 1.35. The molecule has 0 saturated heterocycles. The third-order valence-electron chi connectivity index (χ3n) is 2.34. The van der Waals surface area contributed by atoms with Crippen molar-refractivity contribution >= 4 is 5.97 Å². The van der Waals surface area contributed by atoms with Crippen LogP contribution in [0.2, 0.25) is 0 Å². The van der Waals surface area contributed by atoms with Gasteiger partial charge in [-0.05, 0) is 6.92 Å². The second kappa shape index (κ2) is 14.7. The lowest BCUT2D eigenvalue weighted by Gasteiger charge is -1.91. The van der Waals surface area contributed by atoms with Crippen LogP contribution in [-0.4, -0.2) is 19.1 Å². The minimum atomic E-state index is -1.08. The van der Waals surface area contributed by atoms with Crippen LogP contribution >= 0.6 is 0 Å². The molecule has 4 nitrogen and oxygen atoms in total. The molecule has 2 heterocycles. The summed E-state index contributed by atoms with van der Waals surface area (Å²) in [4.78, 5) is 8.89. The Labute approximate surface area is 138 Å². The number of aliphatic carboxylic acids is 1. The molecule has 0 aromatic rings. The van der Waals surface area contributed by atoms with Crippen LogP contribution in [0.3, 0.4) is 0 Å². The maximum Gasteiger partial charge on any atom is 0.192 e. The van der Waals surface area contributed by atoms with Gasteiger partial charge >= 0.3 is 0 Å². The molecule has 0 saturated carbocycles. The minimum absolute atomic E-state index is 0. The third kappa shape index (κ3) is 14.5. The number of carboxylic acid groups (broad SMARTS) is 1. The van der Waals surface area contributed by atoms with Crippen molar-refractivity contribution in [1.29, 1.82) is 0 Å². The van der Waals surface area contributed by atoms with Gasteiger partial charge in [-0.2, -0.15) is 0 Å². The van der Waals surface area contributed by atoms with E-state index >= 15 is 0 Å². The third-order valence-corrected chi connectivity index (χ3v) is 2.34. The van der Waals surface area contributed by atoms with Crippen LogP contribution in [0.5, 0.6) is 0 Å². The average molecular weight is 355 g/mol. The van der Waals surface area contributed by atoms with Crippen molar-refractivity contribution in [3.63, 3.8) is 0 Å². The molecule has 2 aliphatic rings. The molecular weight excluding hydrogens is 332 g/mol. The van der Waals surface area contributed by atoms with Crippen molar-refractivity contribution in [2.75, 3.05) is 13.1 Å². The predicted octanol–water partition coefficient (Wildman–Crippen LogP) is -1.75. The fraction of sp³-hybridized carbons (Fsp3) is 0.438. The van der Waals surface area contributed by atoms with E-state index in [0.717, 1.165) is 32.9 Å². The van der Waals surface area contributed by atoms with Crippen LogP contribution in [0.4, 0.5) is 0 Å². The zero-order valence-corrected chi connectivity index (χ0v) is 14.4. The lowest BCUT2D eigenvalue weighted by atomic mass is 10.2. The number of carbonyl (C=O) groups excluding carboxylic acids is 1. The predicted molar refractivity (Wildman–Crippen MR) is 79.1 cm³/mol. The first-order valence-corrected chi connectivity index (χ1v) is 6.80. The summed E-state index contributed by atoms with van der Waals surface area (Å²) in [5.41, 5.74) is 2.52. The van der Waals surface area contributed by atoms with Crippen molar-refractivity contribution in [2.45, 2.75) is 33.6 Å².